The summed E-state index contributed by atoms with van der Waals surface area (Å²) in [6.07, 6.45) is -1.86. The van der Waals surface area contributed by atoms with E-state index in [2.05, 4.69) is 15.3 Å². The SMILES string of the molecule is NC1(CNc2ncnc(N3CCOCC3c3ccc(C(F)(F)F)cc3)c2F)CCOCC1. The second kappa shape index (κ2) is 9.16. The lowest BCUT2D eigenvalue weighted by atomic mass is 9.91. The van der Waals surface area contributed by atoms with Crippen molar-refractivity contribution in [2.45, 2.75) is 30.6 Å². The second-order valence-electron chi connectivity index (χ2n) is 8.09. The molecule has 0 spiro atoms. The predicted molar refractivity (Wildman–Crippen MR) is 110 cm³/mol. The van der Waals surface area contributed by atoms with E-state index in [0.717, 1.165) is 12.1 Å². The summed E-state index contributed by atoms with van der Waals surface area (Å²) < 4.78 is 64.9. The van der Waals surface area contributed by atoms with Crippen molar-refractivity contribution in [2.75, 3.05) is 49.7 Å². The first-order valence-corrected chi connectivity index (χ1v) is 10.4. The van der Waals surface area contributed by atoms with Crippen LogP contribution in [0.3, 0.4) is 0 Å². The fourth-order valence-corrected chi connectivity index (χ4v) is 3.93. The Morgan fingerprint density at radius 1 is 1.09 bits per heavy atom. The molecule has 32 heavy (non-hydrogen) atoms. The summed E-state index contributed by atoms with van der Waals surface area (Å²) in [5.41, 5.74) is 5.68. The Hall–Kier alpha value is -2.50. The number of aromatic nitrogens is 2. The highest BCUT2D eigenvalue weighted by Crippen LogP contribution is 2.34. The Morgan fingerprint density at radius 2 is 1.81 bits per heavy atom. The number of benzene rings is 1. The van der Waals surface area contributed by atoms with Gasteiger partial charge in [-0.05, 0) is 30.5 Å². The van der Waals surface area contributed by atoms with Crippen LogP contribution in [0, 0.1) is 5.82 Å². The third kappa shape index (κ3) is 4.94. The van der Waals surface area contributed by atoms with E-state index < -0.39 is 29.1 Å². The first kappa shape index (κ1) is 22.7. The van der Waals surface area contributed by atoms with Gasteiger partial charge in [-0.3, -0.25) is 0 Å². The summed E-state index contributed by atoms with van der Waals surface area (Å²) in [6, 6.07) is 4.31. The molecule has 1 atom stereocenters. The molecule has 0 radical (unpaired) electrons. The van der Waals surface area contributed by atoms with Crippen molar-refractivity contribution >= 4 is 11.6 Å². The van der Waals surface area contributed by atoms with Crippen LogP contribution < -0.4 is 16.0 Å². The molecule has 2 saturated heterocycles. The topological polar surface area (TPSA) is 85.5 Å². The largest absolute Gasteiger partial charge is 0.416 e. The van der Waals surface area contributed by atoms with Crippen LogP contribution in [0.1, 0.15) is 30.0 Å². The van der Waals surface area contributed by atoms with Gasteiger partial charge in [0.25, 0.3) is 0 Å². The fraction of sp³-hybridized carbons (Fsp3) is 0.524. The Morgan fingerprint density at radius 3 is 2.50 bits per heavy atom. The summed E-state index contributed by atoms with van der Waals surface area (Å²) in [6.45, 7) is 2.31. The van der Waals surface area contributed by atoms with Crippen LogP contribution in [0.2, 0.25) is 0 Å². The molecule has 0 amide bonds. The van der Waals surface area contributed by atoms with Crippen LogP contribution in [0.15, 0.2) is 30.6 Å². The van der Waals surface area contributed by atoms with Gasteiger partial charge in [0, 0.05) is 31.8 Å². The lowest BCUT2D eigenvalue weighted by molar-refractivity contribution is -0.137. The van der Waals surface area contributed by atoms with Crippen LogP contribution in [0.4, 0.5) is 29.2 Å². The minimum Gasteiger partial charge on any atom is -0.381 e. The van der Waals surface area contributed by atoms with Crippen molar-refractivity contribution in [3.8, 4) is 0 Å². The molecule has 2 aromatic rings. The van der Waals surface area contributed by atoms with E-state index in [-0.39, 0.29) is 18.2 Å². The van der Waals surface area contributed by atoms with Gasteiger partial charge >= 0.3 is 6.18 Å². The maximum Gasteiger partial charge on any atom is 0.416 e. The highest BCUT2D eigenvalue weighted by molar-refractivity contribution is 5.53. The lowest BCUT2D eigenvalue weighted by Crippen LogP contribution is -2.50. The number of hydrogen-bond acceptors (Lipinski definition) is 7. The van der Waals surface area contributed by atoms with Crippen LogP contribution in [-0.4, -0.2) is 55.0 Å². The van der Waals surface area contributed by atoms with Crippen LogP contribution in [0.25, 0.3) is 0 Å². The number of nitrogens with zero attached hydrogens (tertiary/aromatic N) is 3. The number of alkyl halides is 3. The molecule has 2 aliphatic rings. The number of nitrogens with one attached hydrogen (secondary N) is 1. The molecule has 0 bridgehead atoms. The van der Waals surface area contributed by atoms with Crippen molar-refractivity contribution in [3.63, 3.8) is 0 Å². The standard InChI is InChI=1S/C21H25F4N5O2/c22-17-18(27-12-20(26)5-8-31-9-6-20)28-13-29-19(17)30-7-10-32-11-16(30)14-1-3-15(4-2-14)21(23,24)25/h1-4,13,16H,5-12,26H2,(H,27,28,29). The molecule has 4 rings (SSSR count). The molecule has 1 unspecified atom stereocenters. The molecule has 1 aromatic heterocycles. The van der Waals surface area contributed by atoms with E-state index in [1.807, 2.05) is 0 Å². The van der Waals surface area contributed by atoms with E-state index >= 15 is 4.39 Å². The number of nitrogens with two attached hydrogens (primary N) is 1. The Balaban J connectivity index is 1.55. The van der Waals surface area contributed by atoms with Gasteiger partial charge in [-0.25, -0.2) is 9.97 Å². The van der Waals surface area contributed by atoms with Gasteiger partial charge in [-0.2, -0.15) is 17.6 Å². The first-order valence-electron chi connectivity index (χ1n) is 10.4. The van der Waals surface area contributed by atoms with Gasteiger partial charge in [-0.15, -0.1) is 0 Å². The van der Waals surface area contributed by atoms with Gasteiger partial charge in [0.05, 0.1) is 24.8 Å². The smallest absolute Gasteiger partial charge is 0.381 e. The Bertz CT molecular complexity index is 919. The molecule has 174 valence electrons. The zero-order valence-electron chi connectivity index (χ0n) is 17.4. The molecule has 7 nitrogen and oxygen atoms in total. The van der Waals surface area contributed by atoms with Gasteiger partial charge in [-0.1, -0.05) is 12.1 Å². The summed E-state index contributed by atoms with van der Waals surface area (Å²) in [5, 5.41) is 2.99. The third-order valence-electron chi connectivity index (χ3n) is 5.89. The molecule has 11 heteroatoms. The van der Waals surface area contributed by atoms with E-state index in [0.29, 0.717) is 51.3 Å². The number of hydrogen-bond donors (Lipinski definition) is 2. The highest BCUT2D eigenvalue weighted by atomic mass is 19.4. The van der Waals surface area contributed by atoms with Gasteiger partial charge in [0.1, 0.15) is 6.33 Å². The van der Waals surface area contributed by atoms with E-state index in [1.165, 1.54) is 18.5 Å². The molecular formula is C21H25F4N5O2. The normalized spacial score (nSPS) is 21.4. The van der Waals surface area contributed by atoms with E-state index in [9.17, 15) is 13.2 Å². The van der Waals surface area contributed by atoms with Crippen LogP contribution in [0.5, 0.6) is 0 Å². The average Bonchev–Trinajstić information content (AvgIpc) is 2.78. The maximum absolute atomic E-state index is 15.4. The number of morpholine rings is 1. The molecule has 1 aromatic carbocycles. The van der Waals surface area contributed by atoms with Crippen molar-refractivity contribution in [1.29, 1.82) is 0 Å². The second-order valence-corrected chi connectivity index (χ2v) is 8.09. The summed E-state index contributed by atoms with van der Waals surface area (Å²) in [5.74, 6) is -0.542. The third-order valence-corrected chi connectivity index (χ3v) is 5.89. The summed E-state index contributed by atoms with van der Waals surface area (Å²) in [4.78, 5) is 9.83. The van der Waals surface area contributed by atoms with Crippen molar-refractivity contribution in [3.05, 3.63) is 47.5 Å². The monoisotopic (exact) mass is 455 g/mol. The molecule has 0 aliphatic carbocycles. The van der Waals surface area contributed by atoms with Gasteiger partial charge in [0.2, 0.25) is 5.82 Å². The zero-order chi connectivity index (χ0) is 22.8. The average molecular weight is 455 g/mol. The van der Waals surface area contributed by atoms with Crippen LogP contribution >= 0.6 is 0 Å². The predicted octanol–water partition coefficient (Wildman–Crippen LogP) is 3.13. The van der Waals surface area contributed by atoms with Crippen molar-refractivity contribution < 1.29 is 27.0 Å². The fourth-order valence-electron chi connectivity index (χ4n) is 3.93. The van der Waals surface area contributed by atoms with E-state index in [1.54, 1.807) is 4.90 Å². The highest BCUT2D eigenvalue weighted by Gasteiger charge is 2.33. The lowest BCUT2D eigenvalue weighted by Gasteiger charge is -2.37. The molecule has 2 aliphatic heterocycles. The van der Waals surface area contributed by atoms with Gasteiger partial charge < -0.3 is 25.4 Å². The van der Waals surface area contributed by atoms with Crippen molar-refractivity contribution in [2.24, 2.45) is 5.73 Å². The quantitative estimate of drug-likeness (QED) is 0.670. The summed E-state index contributed by atoms with van der Waals surface area (Å²) in [7, 11) is 0. The minimum atomic E-state index is -4.43. The molecule has 3 N–H and O–H groups in total. The Labute approximate surface area is 182 Å². The number of anilines is 2. The first-order chi connectivity index (χ1) is 15.3. The molecule has 0 saturated carbocycles. The van der Waals surface area contributed by atoms with Crippen molar-refractivity contribution in [1.82, 2.24) is 9.97 Å². The van der Waals surface area contributed by atoms with E-state index in [4.69, 9.17) is 15.2 Å². The van der Waals surface area contributed by atoms with Gasteiger partial charge in [0.15, 0.2) is 11.6 Å². The Kier molecular flexibility index (Phi) is 6.50. The number of halogens is 4. The zero-order valence-corrected chi connectivity index (χ0v) is 17.4. The maximum atomic E-state index is 15.4. The van der Waals surface area contributed by atoms with Crippen LogP contribution in [-0.2, 0) is 15.7 Å². The minimum absolute atomic E-state index is 0.0315. The molecular weight excluding hydrogens is 430 g/mol. The number of rotatable bonds is 5. The molecule has 2 fully saturated rings. The number of ether oxygens (including phenoxy) is 2. The summed E-state index contributed by atoms with van der Waals surface area (Å²) >= 11 is 0. The molecule has 3 heterocycles.